The summed E-state index contributed by atoms with van der Waals surface area (Å²) in [7, 11) is 0. The minimum Gasteiger partial charge on any atom is -0.330 e. The summed E-state index contributed by atoms with van der Waals surface area (Å²) in [5.41, 5.74) is 8.10. The Morgan fingerprint density at radius 2 is 2.10 bits per heavy atom. The average molecular weight is 275 g/mol. The van der Waals surface area contributed by atoms with Crippen LogP contribution in [0.2, 0.25) is 0 Å². The van der Waals surface area contributed by atoms with Crippen molar-refractivity contribution in [3.63, 3.8) is 0 Å². The quantitative estimate of drug-likeness (QED) is 0.862. The third-order valence-electron chi connectivity index (χ3n) is 4.14. The number of nitrogens with one attached hydrogen (secondary N) is 1. The van der Waals surface area contributed by atoms with Crippen LogP contribution in [0.15, 0.2) is 24.3 Å². The monoisotopic (exact) mass is 275 g/mol. The number of amides is 1. The lowest BCUT2D eigenvalue weighted by atomic mass is 9.90. The molecule has 1 heterocycles. The van der Waals surface area contributed by atoms with Gasteiger partial charge in [-0.15, -0.1) is 0 Å². The van der Waals surface area contributed by atoms with Crippen molar-refractivity contribution in [2.75, 3.05) is 31.5 Å². The Morgan fingerprint density at radius 3 is 2.65 bits per heavy atom. The van der Waals surface area contributed by atoms with E-state index in [0.717, 1.165) is 31.6 Å². The highest BCUT2D eigenvalue weighted by molar-refractivity contribution is 5.92. The fraction of sp³-hybridized carbons (Fsp3) is 0.562. The predicted molar refractivity (Wildman–Crippen MR) is 82.7 cm³/mol. The van der Waals surface area contributed by atoms with Gasteiger partial charge in [-0.2, -0.15) is 0 Å². The van der Waals surface area contributed by atoms with Crippen molar-refractivity contribution < 1.29 is 4.79 Å². The highest BCUT2D eigenvalue weighted by Gasteiger charge is 2.32. The number of hydrogen-bond donors (Lipinski definition) is 2. The average Bonchev–Trinajstić information content (AvgIpc) is 2.81. The molecule has 0 aromatic heterocycles. The van der Waals surface area contributed by atoms with Crippen LogP contribution in [0.25, 0.3) is 0 Å². The third kappa shape index (κ3) is 3.81. The lowest BCUT2D eigenvalue weighted by Gasteiger charge is -2.22. The van der Waals surface area contributed by atoms with E-state index in [1.807, 2.05) is 12.1 Å². The van der Waals surface area contributed by atoms with Crippen molar-refractivity contribution in [2.24, 2.45) is 11.1 Å². The molecule has 4 heteroatoms. The van der Waals surface area contributed by atoms with Crippen molar-refractivity contribution in [3.8, 4) is 0 Å². The van der Waals surface area contributed by atoms with E-state index < -0.39 is 0 Å². The number of aryl methyl sites for hydroxylation is 1. The zero-order chi connectivity index (χ0) is 14.6. The van der Waals surface area contributed by atoms with E-state index in [-0.39, 0.29) is 11.3 Å². The van der Waals surface area contributed by atoms with Crippen molar-refractivity contribution in [2.45, 2.75) is 26.7 Å². The minimum atomic E-state index is 0.0514. The summed E-state index contributed by atoms with van der Waals surface area (Å²) in [6.45, 7) is 7.31. The number of benzene rings is 1. The number of anilines is 1. The first kappa shape index (κ1) is 15.0. The Labute approximate surface area is 121 Å². The van der Waals surface area contributed by atoms with Crippen LogP contribution in [0.4, 0.5) is 5.69 Å². The first-order chi connectivity index (χ1) is 9.54. The molecule has 2 rings (SSSR count). The summed E-state index contributed by atoms with van der Waals surface area (Å²) in [6.07, 6.45) is 2.08. The van der Waals surface area contributed by atoms with Crippen LogP contribution >= 0.6 is 0 Å². The molecule has 4 nitrogen and oxygen atoms in total. The molecule has 1 aliphatic rings. The summed E-state index contributed by atoms with van der Waals surface area (Å²) < 4.78 is 0. The molecule has 0 spiro atoms. The number of nitrogens with two attached hydrogens (primary N) is 1. The first-order valence-electron chi connectivity index (χ1n) is 7.36. The van der Waals surface area contributed by atoms with E-state index in [0.29, 0.717) is 13.1 Å². The summed E-state index contributed by atoms with van der Waals surface area (Å²) in [5, 5.41) is 2.95. The second-order valence-corrected chi connectivity index (χ2v) is 6.07. The topological polar surface area (TPSA) is 58.4 Å². The van der Waals surface area contributed by atoms with E-state index >= 15 is 0 Å². The van der Waals surface area contributed by atoms with Gasteiger partial charge >= 0.3 is 0 Å². The second kappa shape index (κ2) is 6.37. The van der Waals surface area contributed by atoms with Gasteiger partial charge in [0.2, 0.25) is 5.91 Å². The normalized spacial score (nSPS) is 22.9. The molecular formula is C16H25N3O. The van der Waals surface area contributed by atoms with Crippen molar-refractivity contribution in [1.29, 1.82) is 0 Å². The maximum absolute atomic E-state index is 12.0. The smallest absolute Gasteiger partial charge is 0.238 e. The van der Waals surface area contributed by atoms with Gasteiger partial charge in [0.05, 0.1) is 6.54 Å². The second-order valence-electron chi connectivity index (χ2n) is 6.07. The van der Waals surface area contributed by atoms with Gasteiger partial charge in [0, 0.05) is 12.2 Å². The molecule has 1 atom stereocenters. The van der Waals surface area contributed by atoms with Gasteiger partial charge in [-0.05, 0) is 49.0 Å². The molecule has 1 saturated heterocycles. The van der Waals surface area contributed by atoms with Crippen LogP contribution in [0.1, 0.15) is 25.8 Å². The molecule has 1 aromatic rings. The van der Waals surface area contributed by atoms with Gasteiger partial charge in [-0.3, -0.25) is 9.69 Å². The van der Waals surface area contributed by atoms with Crippen molar-refractivity contribution in [3.05, 3.63) is 29.8 Å². The van der Waals surface area contributed by atoms with Crippen molar-refractivity contribution >= 4 is 11.6 Å². The predicted octanol–water partition coefficient (Wildman–Crippen LogP) is 1.86. The van der Waals surface area contributed by atoms with Gasteiger partial charge < -0.3 is 11.1 Å². The van der Waals surface area contributed by atoms with Crippen molar-refractivity contribution in [1.82, 2.24) is 4.90 Å². The molecule has 1 fully saturated rings. The molecule has 3 N–H and O–H groups in total. The maximum atomic E-state index is 12.0. The molecule has 0 bridgehead atoms. The fourth-order valence-electron chi connectivity index (χ4n) is 2.65. The molecule has 1 aromatic carbocycles. The number of nitrogens with zero attached hydrogens (tertiary/aromatic N) is 1. The van der Waals surface area contributed by atoms with E-state index in [4.69, 9.17) is 5.73 Å². The number of carbonyl (C=O) groups is 1. The molecule has 0 radical (unpaired) electrons. The van der Waals surface area contributed by atoms with Gasteiger partial charge in [0.15, 0.2) is 0 Å². The molecule has 20 heavy (non-hydrogen) atoms. The Bertz CT molecular complexity index is 457. The van der Waals surface area contributed by atoms with Gasteiger partial charge in [-0.1, -0.05) is 26.0 Å². The van der Waals surface area contributed by atoms with Crippen LogP contribution in [-0.4, -0.2) is 37.0 Å². The zero-order valence-corrected chi connectivity index (χ0v) is 12.5. The van der Waals surface area contributed by atoms with Crippen LogP contribution in [0, 0.1) is 5.41 Å². The molecule has 0 aliphatic carbocycles. The largest absolute Gasteiger partial charge is 0.330 e. The SMILES string of the molecule is CCc1ccc(NC(=O)CN2CCC(C)(CN)C2)cc1. The van der Waals surface area contributed by atoms with Gasteiger partial charge in [0.25, 0.3) is 0 Å². The summed E-state index contributed by atoms with van der Waals surface area (Å²) in [5.74, 6) is 0.0514. The Morgan fingerprint density at radius 1 is 1.40 bits per heavy atom. The third-order valence-corrected chi connectivity index (χ3v) is 4.14. The highest BCUT2D eigenvalue weighted by Crippen LogP contribution is 2.28. The van der Waals surface area contributed by atoms with Crippen LogP contribution in [0.5, 0.6) is 0 Å². The highest BCUT2D eigenvalue weighted by atomic mass is 16.2. The summed E-state index contributed by atoms with van der Waals surface area (Å²) >= 11 is 0. The minimum absolute atomic E-state index is 0.0514. The van der Waals surface area contributed by atoms with Gasteiger partial charge in [0.1, 0.15) is 0 Å². The Hall–Kier alpha value is -1.39. The zero-order valence-electron chi connectivity index (χ0n) is 12.5. The summed E-state index contributed by atoms with van der Waals surface area (Å²) in [4.78, 5) is 14.2. The Kier molecular flexibility index (Phi) is 4.78. The fourth-order valence-corrected chi connectivity index (χ4v) is 2.65. The standard InChI is InChI=1S/C16H25N3O/c1-3-13-4-6-14(7-5-13)18-15(20)10-19-9-8-16(2,11-17)12-19/h4-7H,3,8-12,17H2,1-2H3,(H,18,20). The summed E-state index contributed by atoms with van der Waals surface area (Å²) in [6, 6.07) is 8.03. The molecular weight excluding hydrogens is 250 g/mol. The van der Waals surface area contributed by atoms with E-state index in [2.05, 4.69) is 36.2 Å². The maximum Gasteiger partial charge on any atom is 0.238 e. The van der Waals surface area contributed by atoms with E-state index in [1.165, 1.54) is 5.56 Å². The molecule has 1 aliphatic heterocycles. The lowest BCUT2D eigenvalue weighted by Crippen LogP contribution is -2.35. The molecule has 110 valence electrons. The number of likely N-dealkylation sites (tertiary alicyclic amines) is 1. The van der Waals surface area contributed by atoms with Crippen LogP contribution in [0.3, 0.4) is 0 Å². The van der Waals surface area contributed by atoms with Crippen LogP contribution < -0.4 is 11.1 Å². The number of rotatable bonds is 5. The van der Waals surface area contributed by atoms with E-state index in [1.54, 1.807) is 0 Å². The lowest BCUT2D eigenvalue weighted by molar-refractivity contribution is -0.117. The van der Waals surface area contributed by atoms with Crippen LogP contribution in [-0.2, 0) is 11.2 Å². The van der Waals surface area contributed by atoms with Gasteiger partial charge in [-0.25, -0.2) is 0 Å². The molecule has 0 saturated carbocycles. The number of hydrogen-bond acceptors (Lipinski definition) is 3. The Balaban J connectivity index is 1.83. The number of carbonyl (C=O) groups excluding carboxylic acids is 1. The first-order valence-corrected chi connectivity index (χ1v) is 7.36. The van der Waals surface area contributed by atoms with E-state index in [9.17, 15) is 4.79 Å². The molecule has 1 unspecified atom stereocenters. The molecule has 1 amide bonds.